The van der Waals surface area contributed by atoms with E-state index in [0.717, 1.165) is 32.1 Å². The molecule has 0 rings (SSSR count). The van der Waals surface area contributed by atoms with Crippen LogP contribution in [0.3, 0.4) is 0 Å². The Labute approximate surface area is 202 Å². The first-order valence-corrected chi connectivity index (χ1v) is 15.1. The third-order valence-corrected chi connectivity index (χ3v) is 8.80. The van der Waals surface area contributed by atoms with Crippen LogP contribution < -0.4 is 4.89 Å². The fraction of sp³-hybridized carbons (Fsp3) is 0.929. The molecule has 0 aromatic heterocycles. The number of nitrogens with zero attached hydrogens (tertiary/aromatic N) is 1. The zero-order valence-corrected chi connectivity index (χ0v) is 23.4. The number of allylic oxidation sites excluding steroid dienone is 2. The van der Waals surface area contributed by atoms with Gasteiger partial charge < -0.3 is 4.89 Å². The lowest BCUT2D eigenvalue weighted by molar-refractivity contribution is -0.910. The molecule has 2 atom stereocenters. The monoisotopic (exact) mass is 470 g/mol. The van der Waals surface area contributed by atoms with Gasteiger partial charge in [-0.1, -0.05) is 108 Å². The maximum absolute atomic E-state index is 12.1. The molecule has 32 heavy (non-hydrogen) atoms. The molecule has 0 aromatic carbocycles. The van der Waals surface area contributed by atoms with E-state index in [1.807, 2.05) is 21.1 Å². The second-order valence-electron chi connectivity index (χ2n) is 10.8. The summed E-state index contributed by atoms with van der Waals surface area (Å²) in [4.78, 5) is 12.1. The van der Waals surface area contributed by atoms with Crippen LogP contribution >= 0.6 is 8.03 Å². The van der Waals surface area contributed by atoms with Gasteiger partial charge in [0.25, 0.3) is 5.28 Å². The van der Waals surface area contributed by atoms with E-state index in [0.29, 0.717) is 4.48 Å². The average molecular weight is 471 g/mol. The number of quaternary nitrogens is 1. The summed E-state index contributed by atoms with van der Waals surface area (Å²) in [7, 11) is 3.68. The summed E-state index contributed by atoms with van der Waals surface area (Å²) in [5.74, 6) is 0. The lowest BCUT2D eigenvalue weighted by atomic mass is 9.99. The summed E-state index contributed by atoms with van der Waals surface area (Å²) < 4.78 is 12.6. The first-order valence-electron chi connectivity index (χ1n) is 13.9. The zero-order valence-electron chi connectivity index (χ0n) is 22.5. The van der Waals surface area contributed by atoms with Crippen LogP contribution in [0.2, 0.25) is 0 Å². The van der Waals surface area contributed by atoms with Crippen LogP contribution in [0.4, 0.5) is 0 Å². The molecule has 3 nitrogen and oxygen atoms in total. The van der Waals surface area contributed by atoms with Crippen molar-refractivity contribution >= 4 is 8.03 Å². The smallest absolute Gasteiger partial charge is 0.376 e. The summed E-state index contributed by atoms with van der Waals surface area (Å²) in [6.07, 6.45) is 29.6. The van der Waals surface area contributed by atoms with E-state index in [2.05, 4.69) is 26.0 Å². The van der Waals surface area contributed by atoms with Crippen molar-refractivity contribution in [2.24, 2.45) is 0 Å². The van der Waals surface area contributed by atoms with Gasteiger partial charge in [0.05, 0.1) is 21.1 Å². The molecule has 190 valence electrons. The fourth-order valence-electron chi connectivity index (χ4n) is 4.81. The minimum atomic E-state index is -2.42. The van der Waals surface area contributed by atoms with Crippen molar-refractivity contribution in [2.45, 2.75) is 148 Å². The first-order chi connectivity index (χ1) is 15.3. The number of hydrogen-bond donors (Lipinski definition) is 0. The molecule has 0 heterocycles. The SMILES string of the molecule is CCCCCCCCC/C=C\CCCCCCCCCCC(CCC)([P+](=O)[O-])[N+](C)(C)C. The topological polar surface area (TPSA) is 40.1 Å². The molecule has 0 amide bonds. The summed E-state index contributed by atoms with van der Waals surface area (Å²) in [5, 5.41) is -0.591. The molecular weight excluding hydrogens is 413 g/mol. The van der Waals surface area contributed by atoms with Gasteiger partial charge in [-0.15, -0.1) is 0 Å². The van der Waals surface area contributed by atoms with Crippen LogP contribution in [0.15, 0.2) is 12.2 Å². The maximum Gasteiger partial charge on any atom is 0.376 e. The van der Waals surface area contributed by atoms with Crippen LogP contribution in [0.5, 0.6) is 0 Å². The van der Waals surface area contributed by atoms with Crippen molar-refractivity contribution in [3.63, 3.8) is 0 Å². The van der Waals surface area contributed by atoms with E-state index in [1.54, 1.807) is 0 Å². The fourth-order valence-corrected chi connectivity index (χ4v) is 6.05. The highest BCUT2D eigenvalue weighted by Crippen LogP contribution is 2.45. The molecule has 0 aromatic rings. The van der Waals surface area contributed by atoms with Crippen LogP contribution in [0.25, 0.3) is 0 Å². The standard InChI is InChI=1S/C28H57NO2P/c1-6-8-9-10-11-12-13-14-15-16-17-18-19-20-21-22-23-24-25-27-28(26-7-2,32(30)31)29(3,4)5/h15-16H,6-14,17-27H2,1-5H3/q+1/b16-15-. The Kier molecular flexibility index (Phi) is 20.0. The van der Waals surface area contributed by atoms with Crippen molar-refractivity contribution in [3.8, 4) is 0 Å². The Morgan fingerprint density at radius 2 is 1.03 bits per heavy atom. The molecule has 0 fully saturated rings. The van der Waals surface area contributed by atoms with E-state index in [9.17, 15) is 9.46 Å². The molecule has 0 saturated heterocycles. The Bertz CT molecular complexity index is 473. The first kappa shape index (κ1) is 31.8. The van der Waals surface area contributed by atoms with Gasteiger partial charge in [0.1, 0.15) is 0 Å². The maximum atomic E-state index is 12.1. The van der Waals surface area contributed by atoms with Crippen molar-refractivity contribution in [2.75, 3.05) is 21.1 Å². The third kappa shape index (κ3) is 14.8. The largest absolute Gasteiger partial charge is 0.590 e. The number of hydrogen-bond acceptors (Lipinski definition) is 2. The van der Waals surface area contributed by atoms with E-state index >= 15 is 0 Å². The predicted octanol–water partition coefficient (Wildman–Crippen LogP) is 8.89. The Morgan fingerprint density at radius 3 is 1.41 bits per heavy atom. The van der Waals surface area contributed by atoms with Gasteiger partial charge in [0.15, 0.2) is 0 Å². The summed E-state index contributed by atoms with van der Waals surface area (Å²) in [5.41, 5.74) is 0. The highest BCUT2D eigenvalue weighted by atomic mass is 31.1. The van der Waals surface area contributed by atoms with Crippen LogP contribution in [-0.4, -0.2) is 30.9 Å². The van der Waals surface area contributed by atoms with E-state index in [1.165, 1.54) is 96.3 Å². The number of rotatable bonds is 23. The highest BCUT2D eigenvalue weighted by molar-refractivity contribution is 7.38. The summed E-state index contributed by atoms with van der Waals surface area (Å²) in [6.45, 7) is 4.37. The van der Waals surface area contributed by atoms with Gasteiger partial charge in [-0.25, -0.2) is 0 Å². The van der Waals surface area contributed by atoms with Gasteiger partial charge in [-0.2, -0.15) is 0 Å². The summed E-state index contributed by atoms with van der Waals surface area (Å²) >= 11 is 0. The van der Waals surface area contributed by atoms with Gasteiger partial charge in [-0.3, -0.25) is 4.48 Å². The molecule has 0 bridgehead atoms. The van der Waals surface area contributed by atoms with Gasteiger partial charge in [0.2, 0.25) is 0 Å². The molecule has 0 radical (unpaired) electrons. The molecule has 4 heteroatoms. The van der Waals surface area contributed by atoms with Crippen molar-refractivity contribution in [1.82, 2.24) is 0 Å². The quantitative estimate of drug-likeness (QED) is 0.0647. The normalized spacial score (nSPS) is 14.8. The predicted molar refractivity (Wildman–Crippen MR) is 141 cm³/mol. The minimum Gasteiger partial charge on any atom is -0.590 e. The van der Waals surface area contributed by atoms with Gasteiger partial charge >= 0.3 is 8.03 Å². The number of unbranched alkanes of at least 4 members (excludes halogenated alkanes) is 15. The van der Waals surface area contributed by atoms with Crippen LogP contribution in [-0.2, 0) is 4.57 Å². The molecule has 0 aliphatic rings. The van der Waals surface area contributed by atoms with E-state index in [4.69, 9.17) is 0 Å². The lowest BCUT2D eigenvalue weighted by Crippen LogP contribution is -2.55. The van der Waals surface area contributed by atoms with Crippen molar-refractivity contribution < 1.29 is 13.9 Å². The molecule has 0 spiro atoms. The lowest BCUT2D eigenvalue weighted by Gasteiger charge is -2.39. The summed E-state index contributed by atoms with van der Waals surface area (Å²) in [6, 6.07) is 0. The molecule has 2 unspecified atom stereocenters. The van der Waals surface area contributed by atoms with Crippen molar-refractivity contribution in [3.05, 3.63) is 12.2 Å². The Balaban J connectivity index is 3.63. The van der Waals surface area contributed by atoms with Crippen LogP contribution in [0.1, 0.15) is 142 Å². The average Bonchev–Trinajstić information content (AvgIpc) is 2.73. The minimum absolute atomic E-state index is 0.521. The molecule has 0 N–H and O–H groups in total. The van der Waals surface area contributed by atoms with E-state index in [-0.39, 0.29) is 0 Å². The molecule has 0 aliphatic heterocycles. The van der Waals surface area contributed by atoms with Crippen LogP contribution in [0, 0.1) is 0 Å². The zero-order chi connectivity index (χ0) is 24.1. The molecule has 0 saturated carbocycles. The van der Waals surface area contributed by atoms with Gasteiger partial charge in [0, 0.05) is 12.8 Å². The van der Waals surface area contributed by atoms with E-state index < -0.39 is 13.3 Å². The van der Waals surface area contributed by atoms with Crippen molar-refractivity contribution in [1.29, 1.82) is 0 Å². The highest BCUT2D eigenvalue weighted by Gasteiger charge is 2.53. The second kappa shape index (κ2) is 20.2. The second-order valence-corrected chi connectivity index (χ2v) is 12.1. The molecular formula is C28H57NO2P+. The third-order valence-electron chi connectivity index (χ3n) is 7.08. The molecule has 0 aliphatic carbocycles. The Morgan fingerprint density at radius 1 is 0.625 bits per heavy atom. The Hall–Kier alpha value is -0.240. The van der Waals surface area contributed by atoms with Gasteiger partial charge in [-0.05, 0) is 38.5 Å².